The summed E-state index contributed by atoms with van der Waals surface area (Å²) in [7, 11) is 0. The molecule has 8 atom stereocenters. The lowest BCUT2D eigenvalue weighted by molar-refractivity contribution is -0.151. The number of carbonyl (C=O) groups is 1. The second-order valence-electron chi connectivity index (χ2n) is 11.9. The average molecular weight is 415 g/mol. The molecule has 6 nitrogen and oxygen atoms in total. The Labute approximate surface area is 180 Å². The molecule has 0 bridgehead atoms. The fraction of sp³-hybridized carbons (Fsp3) is 0.917. The topological polar surface area (TPSA) is 80.9 Å². The van der Waals surface area contributed by atoms with E-state index < -0.39 is 5.60 Å². The molecule has 1 unspecified atom stereocenters. The molecule has 4 aliphatic carbocycles. The van der Waals surface area contributed by atoms with Crippen molar-refractivity contribution < 1.29 is 9.90 Å². The molecule has 1 heterocycles. The highest BCUT2D eigenvalue weighted by atomic mass is 16.3. The summed E-state index contributed by atoms with van der Waals surface area (Å²) >= 11 is 0. The first kappa shape index (κ1) is 20.6. The van der Waals surface area contributed by atoms with Crippen molar-refractivity contribution in [2.75, 3.05) is 0 Å². The number of aliphatic hydroxyl groups is 1. The van der Waals surface area contributed by atoms with Crippen molar-refractivity contribution in [2.45, 2.75) is 97.6 Å². The van der Waals surface area contributed by atoms with Gasteiger partial charge in [-0.05, 0) is 111 Å². The van der Waals surface area contributed by atoms with E-state index in [9.17, 15) is 9.90 Å². The van der Waals surface area contributed by atoms with Crippen LogP contribution < -0.4 is 0 Å². The normalized spacial score (nSPS) is 48.0. The lowest BCUT2D eigenvalue weighted by Gasteiger charge is -2.61. The molecule has 1 aromatic heterocycles. The van der Waals surface area contributed by atoms with E-state index in [2.05, 4.69) is 29.3 Å². The first-order chi connectivity index (χ1) is 14.1. The molecule has 4 fully saturated rings. The van der Waals surface area contributed by atoms with Gasteiger partial charge < -0.3 is 5.11 Å². The summed E-state index contributed by atoms with van der Waals surface area (Å²) in [4.78, 5) is 14.7. The maximum Gasteiger partial charge on any atom is 0.171 e. The summed E-state index contributed by atoms with van der Waals surface area (Å²) in [5.41, 5.74) is 0.0206. The molecule has 0 amide bonds. The number of fused-ring (bicyclic) bond motifs is 5. The van der Waals surface area contributed by atoms with Gasteiger partial charge in [0.1, 0.15) is 6.54 Å². The quantitative estimate of drug-likeness (QED) is 0.810. The molecule has 0 spiro atoms. The number of tetrazole rings is 1. The number of aromatic nitrogens is 4. The minimum Gasteiger partial charge on any atom is -0.390 e. The van der Waals surface area contributed by atoms with Crippen LogP contribution in [0.15, 0.2) is 0 Å². The highest BCUT2D eigenvalue weighted by molar-refractivity contribution is 5.81. The van der Waals surface area contributed by atoms with Crippen molar-refractivity contribution in [1.29, 1.82) is 0 Å². The number of hydrogen-bond acceptors (Lipinski definition) is 5. The van der Waals surface area contributed by atoms with E-state index in [1.165, 1.54) is 30.5 Å². The van der Waals surface area contributed by atoms with Crippen molar-refractivity contribution in [2.24, 2.45) is 40.4 Å². The summed E-state index contributed by atoms with van der Waals surface area (Å²) in [5.74, 6) is 3.88. The molecule has 1 N–H and O–H groups in total. The van der Waals surface area contributed by atoms with E-state index in [1.54, 1.807) is 0 Å². The largest absolute Gasteiger partial charge is 0.390 e. The number of ketones is 1. The van der Waals surface area contributed by atoms with Crippen LogP contribution in [0.2, 0.25) is 0 Å². The SMILES string of the molecule is Cc1nnn(CC(=O)[C@H]2CC[C@H]3[C@@H]4CC[C@@H]5CC(C)(O)CC[C@]5(C)[C@H]4CC[C@]23C)n1. The molecule has 1 aromatic rings. The zero-order valence-corrected chi connectivity index (χ0v) is 19.1. The predicted molar refractivity (Wildman–Crippen MR) is 113 cm³/mol. The van der Waals surface area contributed by atoms with Gasteiger partial charge in [-0.3, -0.25) is 4.79 Å². The number of hydrogen-bond donors (Lipinski definition) is 1. The Balaban J connectivity index is 1.34. The standard InChI is InChI=1S/C24H38N4O2/c1-15-25-27-28(26-15)14-21(29)20-8-7-18-17-6-5-16-13-22(2,30)11-12-23(16,3)19(17)9-10-24(18,20)4/h16-20,30H,5-14H2,1-4H3/t16-,17+,18+,19+,20-,22?,23+,24+/m1/s1. The Morgan fingerprint density at radius 3 is 2.53 bits per heavy atom. The summed E-state index contributed by atoms with van der Waals surface area (Å²) < 4.78 is 0. The maximum absolute atomic E-state index is 13.3. The average Bonchev–Trinajstić information content (AvgIpc) is 3.24. The third-order valence-electron chi connectivity index (χ3n) is 10.2. The molecule has 0 saturated heterocycles. The molecule has 166 valence electrons. The first-order valence-corrected chi connectivity index (χ1v) is 12.1. The fourth-order valence-corrected chi connectivity index (χ4v) is 8.60. The molecule has 4 saturated carbocycles. The second kappa shape index (κ2) is 6.85. The number of carbonyl (C=O) groups excluding carboxylic acids is 1. The zero-order chi connectivity index (χ0) is 21.3. The molecule has 0 radical (unpaired) electrons. The van der Waals surface area contributed by atoms with Gasteiger partial charge in [0.25, 0.3) is 0 Å². The van der Waals surface area contributed by atoms with E-state index in [-0.39, 0.29) is 17.9 Å². The number of Topliss-reactive ketones (excluding diaryl/α,β-unsaturated/α-hetero) is 1. The summed E-state index contributed by atoms with van der Waals surface area (Å²) in [6, 6.07) is 0. The molecular formula is C24H38N4O2. The van der Waals surface area contributed by atoms with Gasteiger partial charge in [-0.15, -0.1) is 10.2 Å². The van der Waals surface area contributed by atoms with Gasteiger partial charge in [-0.1, -0.05) is 13.8 Å². The van der Waals surface area contributed by atoms with Gasteiger partial charge in [-0.2, -0.15) is 4.80 Å². The first-order valence-electron chi connectivity index (χ1n) is 12.1. The van der Waals surface area contributed by atoms with Gasteiger partial charge in [0, 0.05) is 5.92 Å². The minimum absolute atomic E-state index is 0.122. The highest BCUT2D eigenvalue weighted by Gasteiger charge is 2.61. The third kappa shape index (κ3) is 3.08. The van der Waals surface area contributed by atoms with E-state index in [4.69, 9.17) is 0 Å². The van der Waals surface area contributed by atoms with Crippen LogP contribution >= 0.6 is 0 Å². The Kier molecular flexibility index (Phi) is 4.70. The smallest absolute Gasteiger partial charge is 0.171 e. The van der Waals surface area contributed by atoms with Gasteiger partial charge in [-0.25, -0.2) is 0 Å². The summed E-state index contributed by atoms with van der Waals surface area (Å²) in [6.07, 6.45) is 10.2. The molecular weight excluding hydrogens is 376 g/mol. The van der Waals surface area contributed by atoms with Crippen LogP contribution in [0.5, 0.6) is 0 Å². The van der Waals surface area contributed by atoms with Crippen LogP contribution in [0, 0.1) is 47.3 Å². The monoisotopic (exact) mass is 414 g/mol. The van der Waals surface area contributed by atoms with Crippen LogP contribution in [0.1, 0.15) is 84.4 Å². The van der Waals surface area contributed by atoms with Gasteiger partial charge in [0.2, 0.25) is 0 Å². The molecule has 0 aliphatic heterocycles. The van der Waals surface area contributed by atoms with Crippen molar-refractivity contribution in [3.05, 3.63) is 5.82 Å². The minimum atomic E-state index is -0.473. The van der Waals surface area contributed by atoms with Crippen molar-refractivity contribution >= 4 is 5.78 Å². The Morgan fingerprint density at radius 1 is 1.03 bits per heavy atom. The molecule has 30 heavy (non-hydrogen) atoms. The zero-order valence-electron chi connectivity index (χ0n) is 19.1. The van der Waals surface area contributed by atoms with Crippen molar-refractivity contribution in [3.63, 3.8) is 0 Å². The van der Waals surface area contributed by atoms with Crippen molar-refractivity contribution in [1.82, 2.24) is 20.2 Å². The van der Waals surface area contributed by atoms with Crippen molar-refractivity contribution in [3.8, 4) is 0 Å². The lowest BCUT2D eigenvalue weighted by Crippen LogP contribution is -2.55. The van der Waals surface area contributed by atoms with Crippen LogP contribution in [0.25, 0.3) is 0 Å². The molecule has 5 rings (SSSR count). The predicted octanol–water partition coefficient (Wildman–Crippen LogP) is 3.96. The highest BCUT2D eigenvalue weighted by Crippen LogP contribution is 2.68. The number of rotatable bonds is 3. The Bertz CT molecular complexity index is 835. The van der Waals surface area contributed by atoms with Crippen LogP contribution in [-0.2, 0) is 11.3 Å². The Morgan fingerprint density at radius 2 is 1.80 bits per heavy atom. The number of aryl methyl sites for hydroxylation is 1. The maximum atomic E-state index is 13.3. The molecule has 6 heteroatoms. The second-order valence-corrected chi connectivity index (χ2v) is 11.9. The van der Waals surface area contributed by atoms with Crippen LogP contribution in [-0.4, -0.2) is 36.7 Å². The lowest BCUT2D eigenvalue weighted by atomic mass is 9.44. The van der Waals surface area contributed by atoms with Crippen LogP contribution in [0.4, 0.5) is 0 Å². The Hall–Kier alpha value is -1.30. The summed E-state index contributed by atoms with van der Waals surface area (Å²) in [5, 5.41) is 22.8. The van der Waals surface area contributed by atoms with E-state index in [0.29, 0.717) is 28.9 Å². The van der Waals surface area contributed by atoms with Gasteiger partial charge >= 0.3 is 0 Å². The van der Waals surface area contributed by atoms with E-state index in [1.807, 2.05) is 13.8 Å². The van der Waals surface area contributed by atoms with Crippen LogP contribution in [0.3, 0.4) is 0 Å². The third-order valence-corrected chi connectivity index (χ3v) is 10.2. The van der Waals surface area contributed by atoms with Gasteiger partial charge in [0.05, 0.1) is 5.60 Å². The number of nitrogens with zero attached hydrogens (tertiary/aromatic N) is 4. The van der Waals surface area contributed by atoms with E-state index in [0.717, 1.165) is 43.9 Å². The molecule has 0 aromatic carbocycles. The van der Waals surface area contributed by atoms with Gasteiger partial charge in [0.15, 0.2) is 11.6 Å². The summed E-state index contributed by atoms with van der Waals surface area (Å²) in [6.45, 7) is 9.04. The fourth-order valence-electron chi connectivity index (χ4n) is 8.60. The van der Waals surface area contributed by atoms with E-state index >= 15 is 0 Å². The molecule has 4 aliphatic rings.